The number of nitrogens with two attached hydrogens (primary N) is 1. The fourth-order valence-electron chi connectivity index (χ4n) is 0.823. The molecule has 0 atom stereocenters. The second kappa shape index (κ2) is 3.36. The van der Waals surface area contributed by atoms with Crippen molar-refractivity contribution in [2.24, 2.45) is 5.73 Å². The van der Waals surface area contributed by atoms with Crippen molar-refractivity contribution in [3.63, 3.8) is 0 Å². The van der Waals surface area contributed by atoms with Crippen molar-refractivity contribution >= 4 is 23.8 Å². The van der Waals surface area contributed by atoms with Crippen LogP contribution >= 0.6 is 11.6 Å². The van der Waals surface area contributed by atoms with Gasteiger partial charge in [-0.15, -0.1) is 0 Å². The molecule has 1 aromatic carbocycles. The van der Waals surface area contributed by atoms with Crippen LogP contribution in [-0.4, -0.2) is 12.2 Å². The van der Waals surface area contributed by atoms with Crippen LogP contribution in [0.15, 0.2) is 18.2 Å². The Balaban J connectivity index is 3.23. The Kier molecular flexibility index (Phi) is 2.45. The summed E-state index contributed by atoms with van der Waals surface area (Å²) in [6.07, 6.45) is 0.609. The summed E-state index contributed by atoms with van der Waals surface area (Å²) in [6, 6.07) is 4.26. The van der Waals surface area contributed by atoms with Gasteiger partial charge in [0.2, 0.25) is 5.91 Å². The number of halogens is 1. The lowest BCUT2D eigenvalue weighted by molar-refractivity contribution is 0.100. The van der Waals surface area contributed by atoms with E-state index in [0.717, 1.165) is 0 Å². The van der Waals surface area contributed by atoms with Crippen molar-refractivity contribution in [1.82, 2.24) is 0 Å². The van der Waals surface area contributed by atoms with Gasteiger partial charge >= 0.3 is 0 Å². The molecular formula is C8H6ClNO2. The molecule has 0 aromatic heterocycles. The van der Waals surface area contributed by atoms with Crippen LogP contribution in [0.4, 0.5) is 0 Å². The van der Waals surface area contributed by atoms with Crippen LogP contribution in [0.2, 0.25) is 5.02 Å². The van der Waals surface area contributed by atoms with Crippen molar-refractivity contribution in [2.75, 3.05) is 0 Å². The molecule has 1 amide bonds. The lowest BCUT2D eigenvalue weighted by atomic mass is 10.1. The summed E-state index contributed by atoms with van der Waals surface area (Å²) in [5.41, 5.74) is 5.58. The van der Waals surface area contributed by atoms with Crippen molar-refractivity contribution in [3.8, 4) is 0 Å². The van der Waals surface area contributed by atoms with Crippen molar-refractivity contribution in [1.29, 1.82) is 0 Å². The standard InChI is InChI=1S/C8H6ClNO2/c9-7-2-5(4-11)1-6(3-7)8(10)12/h1-4H,(H2,10,12). The van der Waals surface area contributed by atoms with Crippen molar-refractivity contribution < 1.29 is 9.59 Å². The highest BCUT2D eigenvalue weighted by Crippen LogP contribution is 2.13. The number of aldehydes is 1. The molecule has 12 heavy (non-hydrogen) atoms. The molecule has 4 heteroatoms. The normalized spacial score (nSPS) is 9.42. The maximum atomic E-state index is 10.7. The number of primary amides is 1. The van der Waals surface area contributed by atoms with Gasteiger partial charge in [0.05, 0.1) is 0 Å². The number of amides is 1. The maximum absolute atomic E-state index is 10.7. The highest BCUT2D eigenvalue weighted by Gasteiger charge is 2.03. The van der Waals surface area contributed by atoms with E-state index in [4.69, 9.17) is 17.3 Å². The first-order valence-electron chi connectivity index (χ1n) is 3.19. The summed E-state index contributed by atoms with van der Waals surface area (Å²) >= 11 is 5.61. The van der Waals surface area contributed by atoms with Crippen LogP contribution in [0.1, 0.15) is 20.7 Å². The van der Waals surface area contributed by atoms with Crippen LogP contribution in [0.25, 0.3) is 0 Å². The monoisotopic (exact) mass is 183 g/mol. The number of hydrogen-bond donors (Lipinski definition) is 1. The predicted molar refractivity (Wildman–Crippen MR) is 45.4 cm³/mol. The number of hydrogen-bond acceptors (Lipinski definition) is 2. The first-order chi connectivity index (χ1) is 5.63. The summed E-state index contributed by atoms with van der Waals surface area (Å²) < 4.78 is 0. The third kappa shape index (κ3) is 1.83. The minimum Gasteiger partial charge on any atom is -0.366 e. The fourth-order valence-corrected chi connectivity index (χ4v) is 1.07. The molecule has 0 radical (unpaired) electrons. The van der Waals surface area contributed by atoms with Gasteiger partial charge < -0.3 is 5.73 Å². The first kappa shape index (κ1) is 8.74. The maximum Gasteiger partial charge on any atom is 0.248 e. The van der Waals surface area contributed by atoms with Gasteiger partial charge in [-0.3, -0.25) is 9.59 Å². The molecule has 62 valence electrons. The Hall–Kier alpha value is -1.35. The number of carbonyl (C=O) groups is 2. The Morgan fingerprint density at radius 1 is 1.42 bits per heavy atom. The van der Waals surface area contributed by atoms with Crippen LogP contribution in [0, 0.1) is 0 Å². The van der Waals surface area contributed by atoms with Gasteiger partial charge in [0, 0.05) is 16.1 Å². The molecule has 2 N–H and O–H groups in total. The van der Waals surface area contributed by atoms with E-state index in [1.54, 1.807) is 0 Å². The molecule has 0 fully saturated rings. The lowest BCUT2D eigenvalue weighted by Gasteiger charge is -1.97. The molecule has 0 unspecified atom stereocenters. The summed E-state index contributed by atoms with van der Waals surface area (Å²) in [4.78, 5) is 21.0. The summed E-state index contributed by atoms with van der Waals surface area (Å²) in [6.45, 7) is 0. The molecule has 1 rings (SSSR count). The van der Waals surface area contributed by atoms with Crippen LogP contribution in [0.5, 0.6) is 0 Å². The Morgan fingerprint density at radius 2 is 2.08 bits per heavy atom. The highest BCUT2D eigenvalue weighted by molar-refractivity contribution is 6.31. The topological polar surface area (TPSA) is 60.2 Å². The zero-order valence-corrected chi connectivity index (χ0v) is 6.84. The van der Waals surface area contributed by atoms with E-state index >= 15 is 0 Å². The molecule has 0 saturated carbocycles. The molecule has 0 aliphatic carbocycles. The smallest absolute Gasteiger partial charge is 0.248 e. The molecule has 0 aliphatic heterocycles. The van der Waals surface area contributed by atoms with Crippen molar-refractivity contribution in [2.45, 2.75) is 0 Å². The zero-order valence-electron chi connectivity index (χ0n) is 6.08. The number of rotatable bonds is 2. The van der Waals surface area contributed by atoms with Crippen molar-refractivity contribution in [3.05, 3.63) is 34.3 Å². The van der Waals surface area contributed by atoms with Gasteiger partial charge in [0.1, 0.15) is 6.29 Å². The lowest BCUT2D eigenvalue weighted by Crippen LogP contribution is -2.11. The molecule has 1 aromatic rings. The minimum atomic E-state index is -0.597. The largest absolute Gasteiger partial charge is 0.366 e. The minimum absolute atomic E-state index is 0.240. The third-order valence-electron chi connectivity index (χ3n) is 1.34. The average molecular weight is 184 g/mol. The van der Waals surface area contributed by atoms with Crippen LogP contribution < -0.4 is 5.73 Å². The molecule has 0 spiro atoms. The van der Waals surface area contributed by atoms with E-state index in [2.05, 4.69) is 0 Å². The predicted octanol–water partition coefficient (Wildman–Crippen LogP) is 1.25. The SMILES string of the molecule is NC(=O)c1cc(Cl)cc(C=O)c1. The van der Waals surface area contributed by atoms with Gasteiger partial charge in [0.15, 0.2) is 0 Å². The fraction of sp³-hybridized carbons (Fsp3) is 0. The second-order valence-corrected chi connectivity index (χ2v) is 2.69. The van der Waals surface area contributed by atoms with Gasteiger partial charge in [-0.25, -0.2) is 0 Å². The average Bonchev–Trinajstić information content (AvgIpc) is 2.03. The highest BCUT2D eigenvalue weighted by atomic mass is 35.5. The molecule has 0 heterocycles. The second-order valence-electron chi connectivity index (χ2n) is 2.26. The van der Waals surface area contributed by atoms with E-state index in [1.807, 2.05) is 0 Å². The van der Waals surface area contributed by atoms with Gasteiger partial charge in [0.25, 0.3) is 0 Å². The van der Waals surface area contributed by atoms with Crippen LogP contribution in [-0.2, 0) is 0 Å². The van der Waals surface area contributed by atoms with Gasteiger partial charge in [-0.05, 0) is 18.2 Å². The Labute approximate surface area is 74.1 Å². The van der Waals surface area contributed by atoms with Gasteiger partial charge in [-0.1, -0.05) is 11.6 Å². The van der Waals surface area contributed by atoms with E-state index in [0.29, 0.717) is 16.9 Å². The molecule has 0 saturated heterocycles. The molecular weight excluding hydrogens is 178 g/mol. The Bertz CT molecular complexity index is 336. The summed E-state index contributed by atoms with van der Waals surface area (Å²) in [7, 11) is 0. The summed E-state index contributed by atoms with van der Waals surface area (Å²) in [5.74, 6) is -0.597. The summed E-state index contributed by atoms with van der Waals surface area (Å²) in [5, 5.41) is 0.327. The molecule has 3 nitrogen and oxygen atoms in total. The Morgan fingerprint density at radius 3 is 2.58 bits per heavy atom. The van der Waals surface area contributed by atoms with E-state index in [1.165, 1.54) is 18.2 Å². The van der Waals surface area contributed by atoms with Gasteiger partial charge in [-0.2, -0.15) is 0 Å². The quantitative estimate of drug-likeness (QED) is 0.702. The number of carbonyl (C=O) groups excluding carboxylic acids is 2. The van der Waals surface area contributed by atoms with Crippen LogP contribution in [0.3, 0.4) is 0 Å². The zero-order chi connectivity index (χ0) is 9.14. The first-order valence-corrected chi connectivity index (χ1v) is 3.57. The van der Waals surface area contributed by atoms with E-state index in [9.17, 15) is 9.59 Å². The third-order valence-corrected chi connectivity index (χ3v) is 1.56. The molecule has 0 aliphatic rings. The number of benzene rings is 1. The van der Waals surface area contributed by atoms with E-state index in [-0.39, 0.29) is 5.56 Å². The molecule has 0 bridgehead atoms. The van der Waals surface area contributed by atoms with E-state index < -0.39 is 5.91 Å².